The van der Waals surface area contributed by atoms with E-state index in [0.29, 0.717) is 0 Å². The summed E-state index contributed by atoms with van der Waals surface area (Å²) in [6.45, 7) is -1.55. The van der Waals surface area contributed by atoms with Crippen LogP contribution in [0.5, 0.6) is 0 Å². The molecule has 2 aliphatic heterocycles. The van der Waals surface area contributed by atoms with Crippen molar-refractivity contribution in [3.63, 3.8) is 0 Å². The van der Waals surface area contributed by atoms with Gasteiger partial charge in [-0.2, -0.15) is 5.48 Å². The smallest absolute Gasteiger partial charge is 0.346 e. The second-order valence-electron chi connectivity index (χ2n) is 6.36. The van der Waals surface area contributed by atoms with E-state index in [1.165, 1.54) is 9.96 Å². The third-order valence-corrected chi connectivity index (χ3v) is 3.97. The zero-order valence-electron chi connectivity index (χ0n) is 15.4. The molecule has 2 fully saturated rings. The van der Waals surface area contributed by atoms with Crippen molar-refractivity contribution in [2.45, 2.75) is 6.10 Å². The van der Waals surface area contributed by atoms with Crippen LogP contribution in [-0.2, 0) is 38.4 Å². The molecule has 0 aromatic heterocycles. The molecule has 14 nitrogen and oxygen atoms in total. The lowest BCUT2D eigenvalue weighted by atomic mass is 10.3. The molecule has 2 aliphatic rings. The second-order valence-corrected chi connectivity index (χ2v) is 6.36. The van der Waals surface area contributed by atoms with Gasteiger partial charge in [-0.1, -0.05) is 0 Å². The molecule has 0 spiro atoms. The number of carboxylic acid groups (broad SMARTS) is 2. The van der Waals surface area contributed by atoms with E-state index in [4.69, 9.17) is 19.8 Å². The monoisotopic (exact) mass is 418 g/mol. The van der Waals surface area contributed by atoms with Crippen LogP contribution in [0, 0.1) is 0 Å². The molecule has 1 amide bonds. The quantitative estimate of drug-likeness (QED) is 0.372. The van der Waals surface area contributed by atoms with Crippen molar-refractivity contribution in [1.82, 2.24) is 20.3 Å². The average molecular weight is 418 g/mol. The molecule has 0 radical (unpaired) electrons. The topological polar surface area (TPSA) is 175 Å². The van der Waals surface area contributed by atoms with Crippen LogP contribution < -0.4 is 5.48 Å². The number of amides is 1. The van der Waals surface area contributed by atoms with Gasteiger partial charge in [0.25, 0.3) is 5.91 Å². The van der Waals surface area contributed by atoms with Gasteiger partial charge in [0.2, 0.25) is 0 Å². The van der Waals surface area contributed by atoms with Gasteiger partial charge in [0.05, 0.1) is 45.9 Å². The van der Waals surface area contributed by atoms with Crippen LogP contribution in [0.2, 0.25) is 0 Å². The summed E-state index contributed by atoms with van der Waals surface area (Å²) < 4.78 is 5.24. The van der Waals surface area contributed by atoms with Gasteiger partial charge in [-0.15, -0.1) is 5.06 Å². The standard InChI is InChI=1S/C15H22N4O10/c20-11(21)6-17(7-12(22)23)1-2-18-8-13(24)28-16-15(26)10-5-19(3-4-27-10)29-14(25)9-18/h10H,1-9H2,(H,16,26)(H,20,21)(H,22,23). The van der Waals surface area contributed by atoms with Crippen LogP contribution in [0.25, 0.3) is 0 Å². The van der Waals surface area contributed by atoms with E-state index >= 15 is 0 Å². The molecule has 2 heterocycles. The maximum absolute atomic E-state index is 12.2. The predicted octanol–water partition coefficient (Wildman–Crippen LogP) is -3.49. The van der Waals surface area contributed by atoms with E-state index in [-0.39, 0.29) is 39.3 Å². The van der Waals surface area contributed by atoms with Gasteiger partial charge in [-0.05, 0) is 0 Å². The summed E-state index contributed by atoms with van der Waals surface area (Å²) >= 11 is 0. The highest BCUT2D eigenvalue weighted by atomic mass is 16.7. The van der Waals surface area contributed by atoms with Gasteiger partial charge in [0, 0.05) is 13.1 Å². The van der Waals surface area contributed by atoms with Gasteiger partial charge >= 0.3 is 23.9 Å². The van der Waals surface area contributed by atoms with Crippen molar-refractivity contribution < 1.29 is 48.6 Å². The molecule has 0 aromatic carbocycles. The number of hydrogen-bond donors (Lipinski definition) is 3. The fraction of sp³-hybridized carbons (Fsp3) is 0.667. The molecule has 2 saturated heterocycles. The van der Waals surface area contributed by atoms with Crippen LogP contribution >= 0.6 is 0 Å². The lowest BCUT2D eigenvalue weighted by Crippen LogP contribution is -2.52. The molecule has 0 aromatic rings. The van der Waals surface area contributed by atoms with Gasteiger partial charge in [-0.25, -0.2) is 9.59 Å². The van der Waals surface area contributed by atoms with E-state index in [1.54, 1.807) is 0 Å². The first-order chi connectivity index (χ1) is 13.7. The number of aliphatic carboxylic acids is 2. The average Bonchev–Trinajstić information content (AvgIpc) is 2.62. The van der Waals surface area contributed by atoms with E-state index in [2.05, 4.69) is 4.84 Å². The van der Waals surface area contributed by atoms with Gasteiger partial charge in [0.1, 0.15) is 0 Å². The lowest BCUT2D eigenvalue weighted by Gasteiger charge is -2.32. The summed E-state index contributed by atoms with van der Waals surface area (Å²) in [7, 11) is 0. The maximum Gasteiger partial charge on any atom is 0.346 e. The summed E-state index contributed by atoms with van der Waals surface area (Å²) in [5.41, 5.74) is 1.98. The minimum atomic E-state index is -1.22. The number of carbonyl (C=O) groups is 5. The number of ether oxygens (including phenoxy) is 1. The minimum Gasteiger partial charge on any atom is -0.480 e. The predicted molar refractivity (Wildman–Crippen MR) is 89.8 cm³/mol. The third kappa shape index (κ3) is 7.98. The first kappa shape index (κ1) is 22.5. The number of hydroxylamine groups is 3. The normalized spacial score (nSPS) is 24.0. The zero-order valence-corrected chi connectivity index (χ0v) is 15.4. The number of nitrogens with zero attached hydrogens (tertiary/aromatic N) is 3. The van der Waals surface area contributed by atoms with Gasteiger partial charge in [0.15, 0.2) is 6.10 Å². The third-order valence-electron chi connectivity index (χ3n) is 3.97. The Morgan fingerprint density at radius 1 is 1.10 bits per heavy atom. The number of carboxylic acids is 2. The molecule has 0 aliphatic carbocycles. The second kappa shape index (κ2) is 10.7. The van der Waals surface area contributed by atoms with E-state index < -0.39 is 55.5 Å². The Morgan fingerprint density at radius 2 is 1.76 bits per heavy atom. The van der Waals surface area contributed by atoms with E-state index in [0.717, 1.165) is 4.90 Å². The molecule has 3 N–H and O–H groups in total. The summed E-state index contributed by atoms with van der Waals surface area (Å²) in [6, 6.07) is 0. The molecular weight excluding hydrogens is 396 g/mol. The van der Waals surface area contributed by atoms with Crippen molar-refractivity contribution in [1.29, 1.82) is 0 Å². The maximum atomic E-state index is 12.2. The first-order valence-corrected chi connectivity index (χ1v) is 8.68. The van der Waals surface area contributed by atoms with Crippen LogP contribution in [0.15, 0.2) is 0 Å². The van der Waals surface area contributed by atoms with E-state index in [1.807, 2.05) is 5.48 Å². The fourth-order valence-corrected chi connectivity index (χ4v) is 2.70. The lowest BCUT2D eigenvalue weighted by molar-refractivity contribution is -0.219. The Hall–Kier alpha value is -2.81. The summed E-state index contributed by atoms with van der Waals surface area (Å²) in [5.74, 6) is -4.73. The summed E-state index contributed by atoms with van der Waals surface area (Å²) in [4.78, 5) is 70.2. The van der Waals surface area contributed by atoms with Gasteiger partial charge < -0.3 is 24.6 Å². The number of morpholine rings is 1. The fourth-order valence-electron chi connectivity index (χ4n) is 2.70. The van der Waals surface area contributed by atoms with Gasteiger partial charge in [-0.3, -0.25) is 24.2 Å². The van der Waals surface area contributed by atoms with E-state index in [9.17, 15) is 24.0 Å². The molecule has 2 rings (SSSR count). The van der Waals surface area contributed by atoms with Crippen molar-refractivity contribution in [2.75, 3.05) is 59.0 Å². The van der Waals surface area contributed by atoms with Crippen molar-refractivity contribution in [3.8, 4) is 0 Å². The summed E-state index contributed by atoms with van der Waals surface area (Å²) in [6.07, 6.45) is -0.972. The number of carbonyl (C=O) groups excluding carboxylic acids is 3. The number of rotatable bonds is 7. The molecule has 0 saturated carbocycles. The van der Waals surface area contributed by atoms with Crippen molar-refractivity contribution in [3.05, 3.63) is 0 Å². The minimum absolute atomic E-state index is 0.0234. The molecule has 29 heavy (non-hydrogen) atoms. The van der Waals surface area contributed by atoms with Crippen LogP contribution in [0.3, 0.4) is 0 Å². The van der Waals surface area contributed by atoms with Crippen LogP contribution in [-0.4, -0.2) is 120 Å². The molecule has 14 heteroatoms. The molecule has 162 valence electrons. The molecule has 2 unspecified atom stereocenters. The SMILES string of the molecule is O=C(O)CN(CCN1CC(=O)ONC(=O)C2CN(CCO2)OC(=O)C1)CC(=O)O. The van der Waals surface area contributed by atoms with Crippen LogP contribution in [0.4, 0.5) is 0 Å². The Bertz CT molecular complexity index is 641. The number of hydrogen-bond acceptors (Lipinski definition) is 11. The number of nitrogens with one attached hydrogen (secondary N) is 1. The molecule has 2 atom stereocenters. The Balaban J connectivity index is 2.02. The largest absolute Gasteiger partial charge is 0.480 e. The van der Waals surface area contributed by atoms with Crippen LogP contribution in [0.1, 0.15) is 0 Å². The first-order valence-electron chi connectivity index (χ1n) is 8.68. The van der Waals surface area contributed by atoms with Crippen molar-refractivity contribution >= 4 is 29.8 Å². The molecule has 2 bridgehead atoms. The Morgan fingerprint density at radius 3 is 2.41 bits per heavy atom. The van der Waals surface area contributed by atoms with Crippen molar-refractivity contribution in [2.24, 2.45) is 0 Å². The zero-order chi connectivity index (χ0) is 21.4. The molecular formula is C15H22N4O10. The highest BCUT2D eigenvalue weighted by Crippen LogP contribution is 2.08. The Labute approximate surface area is 164 Å². The number of fused-ring (bicyclic) bond motifs is 2. The highest BCUT2D eigenvalue weighted by molar-refractivity contribution is 5.82. The highest BCUT2D eigenvalue weighted by Gasteiger charge is 2.31. The Kier molecular flexibility index (Phi) is 8.26. The summed E-state index contributed by atoms with van der Waals surface area (Å²) in [5, 5.41) is 19.0.